The van der Waals surface area contributed by atoms with Crippen LogP contribution < -0.4 is 0 Å². The average Bonchev–Trinajstić information content (AvgIpc) is 2.94. The quantitative estimate of drug-likeness (QED) is 0.168. The maximum Gasteiger partial charge on any atom is 0.341 e. The molecule has 4 aromatic rings. The zero-order valence-electron chi connectivity index (χ0n) is 19.0. The Morgan fingerprint density at radius 3 is 0.825 bits per heavy atom. The van der Waals surface area contributed by atoms with Crippen LogP contribution in [-0.4, -0.2) is 32.1 Å². The van der Waals surface area contributed by atoms with E-state index in [0.717, 1.165) is 0 Å². The van der Waals surface area contributed by atoms with Crippen LogP contribution in [0.4, 0.5) is 43.9 Å². The van der Waals surface area contributed by atoms with Crippen LogP contribution in [0.15, 0.2) is 49.1 Å². The van der Waals surface area contributed by atoms with E-state index in [9.17, 15) is 53.5 Å². The topological polar surface area (TPSA) is 100 Å². The molecule has 0 saturated carbocycles. The van der Waals surface area contributed by atoms with Gasteiger partial charge in [-0.05, 0) is 35.4 Å². The maximum absolute atomic E-state index is 12.6. The molecule has 2 heterocycles. The summed E-state index contributed by atoms with van der Waals surface area (Å²) in [4.78, 5) is 28.2. The third-order valence-electron chi connectivity index (χ3n) is 4.54. The summed E-state index contributed by atoms with van der Waals surface area (Å²) in [6.07, 6.45) is 7.15. The van der Waals surface area contributed by atoms with Crippen molar-refractivity contribution in [1.82, 2.24) is 9.97 Å². The molecular formula is C24H10F10N2O4. The summed E-state index contributed by atoms with van der Waals surface area (Å²) < 4.78 is 124. The second-order valence-electron chi connectivity index (χ2n) is 6.97. The molecule has 2 aromatic heterocycles. The number of hydrogen-bond donors (Lipinski definition) is 2. The molecule has 0 amide bonds. The van der Waals surface area contributed by atoms with Crippen LogP contribution in [0.25, 0.3) is 11.1 Å². The lowest BCUT2D eigenvalue weighted by atomic mass is 10.1. The van der Waals surface area contributed by atoms with E-state index in [0.29, 0.717) is 0 Å². The van der Waals surface area contributed by atoms with Crippen molar-refractivity contribution in [3.05, 3.63) is 118 Å². The Balaban J connectivity index is 0.000000211. The fraction of sp³-hybridized carbons (Fsp3) is 0. The summed E-state index contributed by atoms with van der Waals surface area (Å²) >= 11 is 0. The normalized spacial score (nSPS) is 10.2. The number of benzene rings is 2. The van der Waals surface area contributed by atoms with Crippen molar-refractivity contribution in [3.8, 4) is 11.1 Å². The first-order chi connectivity index (χ1) is 18.7. The van der Waals surface area contributed by atoms with E-state index < -0.39 is 81.2 Å². The van der Waals surface area contributed by atoms with Gasteiger partial charge in [0.25, 0.3) is 0 Å². The van der Waals surface area contributed by atoms with Crippen LogP contribution in [-0.2, 0) is 0 Å². The molecule has 0 aliphatic rings. The lowest BCUT2D eigenvalue weighted by molar-refractivity contribution is 0.0671. The highest BCUT2D eigenvalue weighted by molar-refractivity contribution is 5.88. The monoisotopic (exact) mass is 580 g/mol. The van der Waals surface area contributed by atoms with Gasteiger partial charge in [0.05, 0.1) is 0 Å². The number of carboxylic acids is 2. The zero-order valence-corrected chi connectivity index (χ0v) is 19.0. The number of aromatic carboxylic acids is 2. The van der Waals surface area contributed by atoms with E-state index in [2.05, 4.69) is 9.97 Å². The van der Waals surface area contributed by atoms with Crippen molar-refractivity contribution >= 4 is 11.9 Å². The summed E-state index contributed by atoms with van der Waals surface area (Å²) in [5.74, 6) is -27.7. The highest BCUT2D eigenvalue weighted by Gasteiger charge is 2.30. The molecule has 2 N–H and O–H groups in total. The summed E-state index contributed by atoms with van der Waals surface area (Å²) in [6, 6.07) is 7.93. The van der Waals surface area contributed by atoms with Crippen LogP contribution in [0.1, 0.15) is 20.7 Å². The minimum absolute atomic E-state index is 1.17. The number of nitrogens with zero attached hydrogens (tertiary/aromatic N) is 2. The molecule has 0 unspecified atom stereocenters. The van der Waals surface area contributed by atoms with Gasteiger partial charge in [-0.1, -0.05) is 0 Å². The Morgan fingerprint density at radius 1 is 0.425 bits per heavy atom. The number of carboxylic acid groups (broad SMARTS) is 2. The van der Waals surface area contributed by atoms with Gasteiger partial charge in [0.2, 0.25) is 11.6 Å². The average molecular weight is 580 g/mol. The molecule has 0 bridgehead atoms. The molecule has 0 fully saturated rings. The van der Waals surface area contributed by atoms with Gasteiger partial charge in [-0.3, -0.25) is 9.97 Å². The molecular weight excluding hydrogens is 570 g/mol. The smallest absolute Gasteiger partial charge is 0.341 e. The van der Waals surface area contributed by atoms with Gasteiger partial charge in [-0.15, -0.1) is 0 Å². The Morgan fingerprint density at radius 2 is 0.625 bits per heavy atom. The van der Waals surface area contributed by atoms with Gasteiger partial charge in [-0.2, -0.15) is 0 Å². The number of carbonyl (C=O) groups is 2. The van der Waals surface area contributed by atoms with Crippen molar-refractivity contribution in [2.24, 2.45) is 0 Å². The van der Waals surface area contributed by atoms with Gasteiger partial charge in [0.15, 0.2) is 46.5 Å². The molecule has 16 heteroatoms. The largest absolute Gasteiger partial charge is 0.477 e. The predicted molar refractivity (Wildman–Crippen MR) is 114 cm³/mol. The highest BCUT2D eigenvalue weighted by Crippen LogP contribution is 2.24. The SMILES string of the molecule is O=C(O)c1c(F)c(F)c(F)c(F)c1F.O=C(O)c1c(F)c(F)c(F)c(F)c1F.c1cc(-c2ccncc2)ccn1. The summed E-state index contributed by atoms with van der Waals surface area (Å²) in [7, 11) is 0. The van der Waals surface area contributed by atoms with Gasteiger partial charge in [0.1, 0.15) is 11.1 Å². The van der Waals surface area contributed by atoms with Crippen LogP contribution >= 0.6 is 0 Å². The van der Waals surface area contributed by atoms with Gasteiger partial charge in [0, 0.05) is 24.8 Å². The van der Waals surface area contributed by atoms with Crippen LogP contribution in [0.5, 0.6) is 0 Å². The number of pyridine rings is 2. The van der Waals surface area contributed by atoms with E-state index in [1.807, 2.05) is 24.3 Å². The lowest BCUT2D eigenvalue weighted by Crippen LogP contribution is -2.11. The number of aromatic nitrogens is 2. The molecule has 4 rings (SSSR count). The molecule has 40 heavy (non-hydrogen) atoms. The minimum Gasteiger partial charge on any atom is -0.477 e. The van der Waals surface area contributed by atoms with E-state index in [4.69, 9.17) is 10.2 Å². The predicted octanol–water partition coefficient (Wildman–Crippen LogP) is 6.30. The fourth-order valence-electron chi connectivity index (χ4n) is 2.67. The Hall–Kier alpha value is -5.02. The van der Waals surface area contributed by atoms with E-state index in [1.165, 1.54) is 11.1 Å². The number of rotatable bonds is 3. The van der Waals surface area contributed by atoms with Crippen molar-refractivity contribution in [2.45, 2.75) is 0 Å². The lowest BCUT2D eigenvalue weighted by Gasteiger charge is -2.03. The molecule has 2 aromatic carbocycles. The Bertz CT molecular complexity index is 1380. The zero-order chi connectivity index (χ0) is 30.3. The van der Waals surface area contributed by atoms with E-state index >= 15 is 0 Å². The molecule has 0 aliphatic carbocycles. The Labute approximate surface area is 215 Å². The first-order valence-corrected chi connectivity index (χ1v) is 10.0. The van der Waals surface area contributed by atoms with Crippen molar-refractivity contribution in [1.29, 1.82) is 0 Å². The minimum atomic E-state index is -2.38. The van der Waals surface area contributed by atoms with Crippen molar-refractivity contribution < 1.29 is 63.7 Å². The number of hydrogen-bond acceptors (Lipinski definition) is 4. The molecule has 210 valence electrons. The maximum atomic E-state index is 12.6. The fourth-order valence-corrected chi connectivity index (χ4v) is 2.67. The summed E-state index contributed by atoms with van der Waals surface area (Å²) in [5, 5.41) is 16.3. The van der Waals surface area contributed by atoms with Crippen LogP contribution in [0.3, 0.4) is 0 Å². The van der Waals surface area contributed by atoms with Crippen molar-refractivity contribution in [2.75, 3.05) is 0 Å². The van der Waals surface area contributed by atoms with Gasteiger partial charge in [-0.25, -0.2) is 53.5 Å². The molecule has 0 saturated heterocycles. The van der Waals surface area contributed by atoms with Crippen molar-refractivity contribution in [3.63, 3.8) is 0 Å². The van der Waals surface area contributed by atoms with Gasteiger partial charge < -0.3 is 10.2 Å². The van der Waals surface area contributed by atoms with Gasteiger partial charge >= 0.3 is 11.9 Å². The molecule has 6 nitrogen and oxygen atoms in total. The molecule has 0 spiro atoms. The summed E-state index contributed by atoms with van der Waals surface area (Å²) in [5.41, 5.74) is -1.37. The second kappa shape index (κ2) is 13.2. The Kier molecular flexibility index (Phi) is 10.3. The molecule has 0 radical (unpaired) electrons. The van der Waals surface area contributed by atoms with Crippen LogP contribution in [0.2, 0.25) is 0 Å². The molecule has 0 atom stereocenters. The second-order valence-corrected chi connectivity index (χ2v) is 6.97. The molecule has 0 aliphatic heterocycles. The van der Waals surface area contributed by atoms with E-state index in [1.54, 1.807) is 24.8 Å². The van der Waals surface area contributed by atoms with Crippen LogP contribution in [0, 0.1) is 58.2 Å². The third-order valence-corrected chi connectivity index (χ3v) is 4.54. The van der Waals surface area contributed by atoms with E-state index in [-0.39, 0.29) is 0 Å². The first kappa shape index (κ1) is 31.2. The summed E-state index contributed by atoms with van der Waals surface area (Å²) in [6.45, 7) is 0. The third kappa shape index (κ3) is 6.69. The standard InChI is InChI=1S/C10H8N2.2C7HF5O2/c1-5-11-6-2-9(1)10-3-7-12-8-4-10;2*8-2-1(7(13)14)3(9)5(11)6(12)4(2)10/h1-8H;2*(H,13,14). The highest BCUT2D eigenvalue weighted by atomic mass is 19.2. The first-order valence-electron chi connectivity index (χ1n) is 10.0. The number of halogens is 10.